The number of aromatic nitrogens is 2. The number of amides is 2. The molecule has 3 N–H and O–H groups in total. The van der Waals surface area contributed by atoms with Crippen LogP contribution in [-0.2, 0) is 16.1 Å². The zero-order valence-electron chi connectivity index (χ0n) is 20.7. The summed E-state index contributed by atoms with van der Waals surface area (Å²) in [5, 5.41) is 13.6. The number of methoxy groups -OCH3 is 1. The van der Waals surface area contributed by atoms with Crippen LogP contribution in [0.1, 0.15) is 21.7 Å². The minimum absolute atomic E-state index is 0.205. The van der Waals surface area contributed by atoms with Crippen LogP contribution in [0.2, 0.25) is 0 Å². The van der Waals surface area contributed by atoms with Crippen molar-refractivity contribution in [2.45, 2.75) is 25.6 Å². The van der Waals surface area contributed by atoms with Crippen LogP contribution in [0.4, 0.5) is 5.13 Å². The molecule has 2 atom stereocenters. The quantitative estimate of drug-likeness (QED) is 0.408. The number of nitrogens with zero attached hydrogens (tertiary/aromatic N) is 3. The molecule has 0 saturated carbocycles. The average molecular weight is 542 g/mol. The largest absolute Gasteiger partial charge is 0.493 e. The molecule has 3 aromatic rings. The molecule has 1 aromatic heterocycles. The van der Waals surface area contributed by atoms with E-state index in [1.165, 1.54) is 18.6 Å². The van der Waals surface area contributed by atoms with Crippen molar-refractivity contribution >= 4 is 35.0 Å². The average Bonchev–Trinajstić information content (AvgIpc) is 3.52. The zero-order chi connectivity index (χ0) is 27.1. The number of carbonyl (C=O) groups excluding carboxylic acids is 2. The molecule has 4 bridgehead atoms. The Balaban J connectivity index is 0.00000107. The fourth-order valence-corrected chi connectivity index (χ4v) is 4.73. The molecule has 0 radical (unpaired) electrons. The lowest BCUT2D eigenvalue weighted by Gasteiger charge is -2.21. The van der Waals surface area contributed by atoms with Gasteiger partial charge in [-0.25, -0.2) is 4.98 Å². The van der Waals surface area contributed by atoms with Crippen molar-refractivity contribution in [3.63, 3.8) is 0 Å². The van der Waals surface area contributed by atoms with Crippen LogP contribution >= 0.6 is 11.5 Å². The van der Waals surface area contributed by atoms with Crippen LogP contribution in [0.25, 0.3) is 0 Å². The van der Waals surface area contributed by atoms with Gasteiger partial charge < -0.3 is 34.9 Å². The minimum atomic E-state index is -0.307. The minimum Gasteiger partial charge on any atom is -0.493 e. The highest BCUT2D eigenvalue weighted by Gasteiger charge is 2.37. The Bertz CT molecular complexity index is 1280. The van der Waals surface area contributed by atoms with E-state index in [-0.39, 0.29) is 37.0 Å². The summed E-state index contributed by atoms with van der Waals surface area (Å²) in [7, 11) is 1.51. The van der Waals surface area contributed by atoms with Crippen molar-refractivity contribution in [1.82, 2.24) is 20.0 Å². The van der Waals surface area contributed by atoms with Gasteiger partial charge in [0.05, 0.1) is 19.7 Å². The fourth-order valence-electron chi connectivity index (χ4n) is 4.04. The van der Waals surface area contributed by atoms with Gasteiger partial charge in [-0.15, -0.1) is 0 Å². The number of hydrogen-bond donors (Lipinski definition) is 3. The Morgan fingerprint density at radius 2 is 1.95 bits per heavy atom. The van der Waals surface area contributed by atoms with Gasteiger partial charge in [-0.05, 0) is 42.8 Å². The van der Waals surface area contributed by atoms with Crippen LogP contribution in [0.3, 0.4) is 0 Å². The topological polar surface area (TPSA) is 152 Å². The van der Waals surface area contributed by atoms with E-state index in [1.54, 1.807) is 18.2 Å². The highest BCUT2D eigenvalue weighted by molar-refractivity contribution is 7.09. The van der Waals surface area contributed by atoms with Gasteiger partial charge >= 0.3 is 0 Å². The second-order valence-electron chi connectivity index (χ2n) is 8.45. The molecule has 0 unspecified atom stereocenters. The summed E-state index contributed by atoms with van der Waals surface area (Å²) in [5.74, 6) is 1.57. The number of carbonyl (C=O) groups is 3. The third kappa shape index (κ3) is 6.48. The lowest BCUT2D eigenvalue weighted by Crippen LogP contribution is -2.45. The first kappa shape index (κ1) is 26.7. The van der Waals surface area contributed by atoms with E-state index >= 15 is 0 Å². The SMILES string of the molecule is COc1ccc2cc1OCC(=O)NCc1ccc(cc1)O[C@H]1CN(c3nc(C)ns3)C[C@@H]1NC2=O.O=CO. The number of nitrogens with one attached hydrogen (secondary N) is 2. The monoisotopic (exact) mass is 541 g/mol. The van der Waals surface area contributed by atoms with Crippen molar-refractivity contribution in [3.8, 4) is 17.2 Å². The normalized spacial score (nSPS) is 18.9. The van der Waals surface area contributed by atoms with E-state index < -0.39 is 0 Å². The standard InChI is InChI=1S/C24H25N5O5S.CH2O2/c1-14-26-24(35-28-14)29-11-18-21(12-29)34-17-6-3-15(4-7-17)10-25-22(30)13-33-20-9-16(23(31)27-18)5-8-19(20)32-2;2-1-3/h3-9,18,21H,10-13H2,1-2H3,(H,25,30)(H,27,31);1H,(H,2,3)/t18-,21-;/m0./s1. The van der Waals surface area contributed by atoms with E-state index in [0.29, 0.717) is 48.3 Å². The van der Waals surface area contributed by atoms with Crippen LogP contribution < -0.4 is 29.7 Å². The molecule has 1 saturated heterocycles. The van der Waals surface area contributed by atoms with Gasteiger partial charge in [0.15, 0.2) is 18.1 Å². The van der Waals surface area contributed by atoms with E-state index in [2.05, 4.69) is 24.9 Å². The van der Waals surface area contributed by atoms with E-state index in [1.807, 2.05) is 31.2 Å². The Morgan fingerprint density at radius 1 is 1.18 bits per heavy atom. The van der Waals surface area contributed by atoms with E-state index in [0.717, 1.165) is 10.7 Å². The first-order valence-electron chi connectivity index (χ1n) is 11.7. The highest BCUT2D eigenvalue weighted by atomic mass is 32.1. The highest BCUT2D eigenvalue weighted by Crippen LogP contribution is 2.29. The van der Waals surface area contributed by atoms with Crippen molar-refractivity contribution < 1.29 is 33.7 Å². The second kappa shape index (κ2) is 12.2. The first-order valence-corrected chi connectivity index (χ1v) is 12.4. The summed E-state index contributed by atoms with van der Waals surface area (Å²) >= 11 is 1.33. The number of ether oxygens (including phenoxy) is 3. The molecule has 38 heavy (non-hydrogen) atoms. The van der Waals surface area contributed by atoms with Gasteiger partial charge in [-0.1, -0.05) is 12.1 Å². The summed E-state index contributed by atoms with van der Waals surface area (Å²) < 4.78 is 21.6. The molecule has 4 heterocycles. The molecule has 3 aliphatic rings. The lowest BCUT2D eigenvalue weighted by atomic mass is 10.1. The van der Waals surface area contributed by atoms with Crippen molar-refractivity contribution in [1.29, 1.82) is 0 Å². The van der Waals surface area contributed by atoms with Gasteiger partial charge in [0, 0.05) is 30.2 Å². The summed E-state index contributed by atoms with van der Waals surface area (Å²) in [6.45, 7) is 2.83. The molecule has 2 amide bonds. The van der Waals surface area contributed by atoms with Gasteiger partial charge in [0.25, 0.3) is 18.3 Å². The van der Waals surface area contributed by atoms with E-state index in [4.69, 9.17) is 24.1 Å². The zero-order valence-corrected chi connectivity index (χ0v) is 21.6. The van der Waals surface area contributed by atoms with Crippen LogP contribution in [0.5, 0.6) is 17.2 Å². The Hall–Kier alpha value is -4.39. The predicted molar refractivity (Wildman–Crippen MR) is 138 cm³/mol. The third-order valence-electron chi connectivity index (χ3n) is 5.86. The van der Waals surface area contributed by atoms with Gasteiger partial charge in [0.2, 0.25) is 5.13 Å². The molecule has 6 rings (SSSR count). The number of rotatable bonds is 2. The molecular formula is C25H27N5O7S. The van der Waals surface area contributed by atoms with Crippen LogP contribution in [0, 0.1) is 6.92 Å². The number of benzene rings is 2. The molecular weight excluding hydrogens is 514 g/mol. The molecule has 200 valence electrons. The lowest BCUT2D eigenvalue weighted by molar-refractivity contribution is -0.123. The summed E-state index contributed by atoms with van der Waals surface area (Å²) in [4.78, 5) is 40.4. The Labute approximate surface area is 222 Å². The Kier molecular flexibility index (Phi) is 8.58. The summed E-state index contributed by atoms with van der Waals surface area (Å²) in [5.41, 5.74) is 1.32. The number of carboxylic acid groups (broad SMARTS) is 1. The summed E-state index contributed by atoms with van der Waals surface area (Å²) in [6.07, 6.45) is -0.307. The molecule has 13 heteroatoms. The van der Waals surface area contributed by atoms with Gasteiger partial charge in [-0.2, -0.15) is 4.37 Å². The van der Waals surface area contributed by atoms with Crippen LogP contribution in [0.15, 0.2) is 42.5 Å². The molecule has 12 nitrogen and oxygen atoms in total. The maximum absolute atomic E-state index is 13.2. The molecule has 0 aliphatic carbocycles. The molecule has 1 fully saturated rings. The van der Waals surface area contributed by atoms with Crippen LogP contribution in [-0.4, -0.2) is 71.7 Å². The number of anilines is 1. The van der Waals surface area contributed by atoms with Gasteiger partial charge in [0.1, 0.15) is 17.7 Å². The van der Waals surface area contributed by atoms with Crippen molar-refractivity contribution in [2.24, 2.45) is 0 Å². The smallest absolute Gasteiger partial charge is 0.290 e. The second-order valence-corrected chi connectivity index (χ2v) is 9.18. The number of fused-ring (bicyclic) bond motifs is 7. The van der Waals surface area contributed by atoms with Crippen molar-refractivity contribution in [2.75, 3.05) is 31.7 Å². The molecule has 3 aliphatic heterocycles. The molecule has 2 aromatic carbocycles. The van der Waals surface area contributed by atoms with E-state index in [9.17, 15) is 9.59 Å². The maximum atomic E-state index is 13.2. The summed E-state index contributed by atoms with van der Waals surface area (Å²) in [6, 6.07) is 12.1. The predicted octanol–water partition coefficient (Wildman–Crippen LogP) is 1.63. The van der Waals surface area contributed by atoms with Crippen molar-refractivity contribution in [3.05, 3.63) is 59.4 Å². The Morgan fingerprint density at radius 3 is 2.63 bits per heavy atom. The van der Waals surface area contributed by atoms with Gasteiger partial charge in [-0.3, -0.25) is 14.4 Å². The molecule has 0 spiro atoms. The first-order chi connectivity index (χ1) is 18.4. The maximum Gasteiger partial charge on any atom is 0.290 e. The number of aryl methyl sites for hydroxylation is 1. The third-order valence-corrected chi connectivity index (χ3v) is 6.72. The number of hydrogen-bond acceptors (Lipinski definition) is 10. The fraction of sp³-hybridized carbons (Fsp3) is 0.320.